The fraction of sp³-hybridized carbons (Fsp3) is 0.263. The summed E-state index contributed by atoms with van der Waals surface area (Å²) in [6.45, 7) is 3.48. The minimum absolute atomic E-state index is 0.196. The summed E-state index contributed by atoms with van der Waals surface area (Å²) in [4.78, 5) is 24.2. The summed E-state index contributed by atoms with van der Waals surface area (Å²) >= 11 is 0. The minimum Gasteiger partial charge on any atom is -0.497 e. The van der Waals surface area contributed by atoms with E-state index in [1.54, 1.807) is 12.1 Å². The number of ether oxygens (including phenoxy) is 3. The van der Waals surface area contributed by atoms with Crippen molar-refractivity contribution in [3.63, 3.8) is 0 Å². The van der Waals surface area contributed by atoms with E-state index in [1.165, 1.54) is 20.3 Å². The molecule has 0 bridgehead atoms. The van der Waals surface area contributed by atoms with Gasteiger partial charge in [0.2, 0.25) is 0 Å². The van der Waals surface area contributed by atoms with Crippen molar-refractivity contribution in [3.8, 4) is 11.5 Å². The smallest absolute Gasteiger partial charge is 0.342 e. The molecule has 0 atom stereocenters. The predicted molar refractivity (Wildman–Crippen MR) is 94.4 cm³/mol. The summed E-state index contributed by atoms with van der Waals surface area (Å²) in [5.41, 5.74) is 2.92. The molecule has 2 rings (SSSR count). The molecule has 25 heavy (non-hydrogen) atoms. The van der Waals surface area contributed by atoms with E-state index in [1.807, 2.05) is 32.0 Å². The van der Waals surface area contributed by atoms with Crippen LogP contribution in [0.5, 0.6) is 11.5 Å². The second-order valence-electron chi connectivity index (χ2n) is 5.51. The Morgan fingerprint density at radius 2 is 1.76 bits per heavy atom. The van der Waals surface area contributed by atoms with E-state index in [-0.39, 0.29) is 5.56 Å². The number of rotatable bonds is 6. The van der Waals surface area contributed by atoms with Crippen molar-refractivity contribution < 1.29 is 23.8 Å². The Kier molecular flexibility index (Phi) is 6.00. The van der Waals surface area contributed by atoms with Crippen LogP contribution in [0.1, 0.15) is 21.5 Å². The molecular weight excluding hydrogens is 322 g/mol. The molecule has 0 heterocycles. The first-order valence-electron chi connectivity index (χ1n) is 7.71. The first-order chi connectivity index (χ1) is 11.9. The number of carbonyl (C=O) groups is 2. The van der Waals surface area contributed by atoms with Gasteiger partial charge in [0, 0.05) is 5.69 Å². The zero-order chi connectivity index (χ0) is 18.4. The average Bonchev–Trinajstić information content (AvgIpc) is 2.61. The van der Waals surface area contributed by atoms with Crippen molar-refractivity contribution >= 4 is 17.6 Å². The molecule has 2 aromatic rings. The number of methoxy groups -OCH3 is 2. The van der Waals surface area contributed by atoms with E-state index in [2.05, 4.69) is 5.32 Å². The van der Waals surface area contributed by atoms with Gasteiger partial charge in [0.25, 0.3) is 5.91 Å². The van der Waals surface area contributed by atoms with Gasteiger partial charge in [-0.3, -0.25) is 4.79 Å². The van der Waals surface area contributed by atoms with E-state index in [9.17, 15) is 9.59 Å². The maximum Gasteiger partial charge on any atom is 0.342 e. The van der Waals surface area contributed by atoms with Crippen molar-refractivity contribution in [2.45, 2.75) is 13.8 Å². The van der Waals surface area contributed by atoms with Gasteiger partial charge in [0.05, 0.1) is 14.2 Å². The molecule has 0 aliphatic carbocycles. The Morgan fingerprint density at radius 1 is 1.00 bits per heavy atom. The highest BCUT2D eigenvalue weighted by Crippen LogP contribution is 2.24. The Morgan fingerprint density at radius 3 is 2.40 bits per heavy atom. The van der Waals surface area contributed by atoms with Crippen LogP contribution in [-0.4, -0.2) is 32.7 Å². The van der Waals surface area contributed by atoms with Gasteiger partial charge in [-0.05, 0) is 43.7 Å². The lowest BCUT2D eigenvalue weighted by Crippen LogP contribution is -2.21. The third-order valence-corrected chi connectivity index (χ3v) is 3.62. The van der Waals surface area contributed by atoms with Crippen LogP contribution in [-0.2, 0) is 9.53 Å². The molecular formula is C19H21NO5. The Balaban J connectivity index is 2.00. The summed E-state index contributed by atoms with van der Waals surface area (Å²) in [5.74, 6) is -0.234. The number of carbonyl (C=O) groups excluding carboxylic acids is 2. The average molecular weight is 343 g/mol. The first kappa shape index (κ1) is 18.3. The third-order valence-electron chi connectivity index (χ3n) is 3.62. The number of aryl methyl sites for hydroxylation is 2. The van der Waals surface area contributed by atoms with Crippen molar-refractivity contribution in [3.05, 3.63) is 53.1 Å². The van der Waals surface area contributed by atoms with Crippen molar-refractivity contribution in [2.24, 2.45) is 0 Å². The standard InChI is InChI=1S/C19H21NO5/c1-12-5-7-16(13(2)9-12)20-18(21)11-25-19(22)15-10-14(23-3)6-8-17(15)24-4/h5-10H,11H2,1-4H3,(H,20,21). The van der Waals surface area contributed by atoms with Crippen molar-refractivity contribution in [1.29, 1.82) is 0 Å². The molecule has 0 aromatic heterocycles. The topological polar surface area (TPSA) is 73.9 Å². The second kappa shape index (κ2) is 8.19. The molecule has 0 fully saturated rings. The highest BCUT2D eigenvalue weighted by Gasteiger charge is 2.17. The molecule has 0 aliphatic heterocycles. The number of amides is 1. The van der Waals surface area contributed by atoms with E-state index in [4.69, 9.17) is 14.2 Å². The lowest BCUT2D eigenvalue weighted by atomic mass is 10.1. The molecule has 6 nitrogen and oxygen atoms in total. The molecule has 6 heteroatoms. The van der Waals surface area contributed by atoms with Gasteiger partial charge < -0.3 is 19.5 Å². The third kappa shape index (κ3) is 4.73. The number of benzene rings is 2. The minimum atomic E-state index is -0.661. The molecule has 1 N–H and O–H groups in total. The van der Waals surface area contributed by atoms with Gasteiger partial charge in [-0.15, -0.1) is 0 Å². The monoisotopic (exact) mass is 343 g/mol. The van der Waals surface area contributed by atoms with Crippen molar-refractivity contribution in [1.82, 2.24) is 0 Å². The van der Waals surface area contributed by atoms with E-state index < -0.39 is 18.5 Å². The fourth-order valence-electron chi connectivity index (χ4n) is 2.32. The molecule has 0 radical (unpaired) electrons. The summed E-state index contributed by atoms with van der Waals surface area (Å²) in [7, 11) is 2.94. The molecule has 1 amide bonds. The Bertz CT molecular complexity index is 785. The lowest BCUT2D eigenvalue weighted by Gasteiger charge is -2.11. The molecule has 0 saturated carbocycles. The van der Waals surface area contributed by atoms with Crippen LogP contribution in [0.3, 0.4) is 0 Å². The summed E-state index contributed by atoms with van der Waals surface area (Å²) < 4.78 is 15.3. The SMILES string of the molecule is COc1ccc(OC)c(C(=O)OCC(=O)Nc2ccc(C)cc2C)c1. The molecule has 132 valence electrons. The van der Waals surface area contributed by atoms with Crippen LogP contribution in [0, 0.1) is 13.8 Å². The first-order valence-corrected chi connectivity index (χ1v) is 7.71. The van der Waals surface area contributed by atoms with Gasteiger partial charge in [0.1, 0.15) is 17.1 Å². The predicted octanol–water partition coefficient (Wildman–Crippen LogP) is 3.12. The van der Waals surface area contributed by atoms with Gasteiger partial charge in [0.15, 0.2) is 6.61 Å². The van der Waals surface area contributed by atoms with Gasteiger partial charge in [-0.25, -0.2) is 4.79 Å². The number of nitrogens with one attached hydrogen (secondary N) is 1. The second-order valence-corrected chi connectivity index (χ2v) is 5.51. The van der Waals surface area contributed by atoms with E-state index in [0.717, 1.165) is 11.1 Å². The summed E-state index contributed by atoms with van der Waals surface area (Å²) in [6.07, 6.45) is 0. The van der Waals surface area contributed by atoms with Gasteiger partial charge in [-0.2, -0.15) is 0 Å². The molecule has 2 aromatic carbocycles. The number of anilines is 1. The van der Waals surface area contributed by atoms with Crippen LogP contribution < -0.4 is 14.8 Å². The normalized spacial score (nSPS) is 10.1. The van der Waals surface area contributed by atoms with Crippen LogP contribution in [0.2, 0.25) is 0 Å². The molecule has 0 spiro atoms. The van der Waals surface area contributed by atoms with Crippen LogP contribution in [0.15, 0.2) is 36.4 Å². The van der Waals surface area contributed by atoms with E-state index >= 15 is 0 Å². The maximum absolute atomic E-state index is 12.2. The molecule has 0 saturated heterocycles. The Hall–Kier alpha value is -3.02. The number of hydrogen-bond acceptors (Lipinski definition) is 5. The lowest BCUT2D eigenvalue weighted by molar-refractivity contribution is -0.119. The summed E-state index contributed by atoms with van der Waals surface area (Å²) in [5, 5.41) is 2.72. The zero-order valence-electron chi connectivity index (χ0n) is 14.7. The molecule has 0 aliphatic rings. The zero-order valence-corrected chi connectivity index (χ0v) is 14.7. The molecule has 0 unspecified atom stereocenters. The van der Waals surface area contributed by atoms with Crippen LogP contribution in [0.25, 0.3) is 0 Å². The van der Waals surface area contributed by atoms with Crippen molar-refractivity contribution in [2.75, 3.05) is 26.1 Å². The fourth-order valence-corrected chi connectivity index (χ4v) is 2.32. The highest BCUT2D eigenvalue weighted by molar-refractivity contribution is 5.97. The number of esters is 1. The van der Waals surface area contributed by atoms with Crippen LogP contribution >= 0.6 is 0 Å². The van der Waals surface area contributed by atoms with Gasteiger partial charge >= 0.3 is 5.97 Å². The number of hydrogen-bond donors (Lipinski definition) is 1. The maximum atomic E-state index is 12.2. The van der Waals surface area contributed by atoms with Crippen LogP contribution in [0.4, 0.5) is 5.69 Å². The summed E-state index contributed by atoms with van der Waals surface area (Å²) in [6, 6.07) is 10.4. The van der Waals surface area contributed by atoms with E-state index in [0.29, 0.717) is 17.2 Å². The van der Waals surface area contributed by atoms with Gasteiger partial charge in [-0.1, -0.05) is 17.7 Å². The Labute approximate surface area is 146 Å². The largest absolute Gasteiger partial charge is 0.497 e. The highest BCUT2D eigenvalue weighted by atomic mass is 16.5. The quantitative estimate of drug-likeness (QED) is 0.816.